The van der Waals surface area contributed by atoms with Crippen LogP contribution in [0.4, 0.5) is 4.39 Å². The maximum atomic E-state index is 13.0. The number of benzene rings is 2. The van der Waals surface area contributed by atoms with E-state index in [0.717, 1.165) is 24.2 Å². The van der Waals surface area contributed by atoms with Gasteiger partial charge in [0.25, 0.3) is 0 Å². The zero-order valence-electron chi connectivity index (χ0n) is 17.0. The number of nitrogens with one attached hydrogen (secondary N) is 1. The zero-order valence-corrected chi connectivity index (χ0v) is 17.0. The summed E-state index contributed by atoms with van der Waals surface area (Å²) in [5, 5.41) is 13.5. The Morgan fingerprint density at radius 1 is 1.00 bits per heavy atom. The normalized spacial score (nSPS) is 12.2. The molecule has 0 amide bonds. The summed E-state index contributed by atoms with van der Waals surface area (Å²) in [7, 11) is 1.60. The quantitative estimate of drug-likeness (QED) is 0.583. The molecule has 2 aromatic rings. The third-order valence-corrected chi connectivity index (χ3v) is 4.59. The number of hydrogen-bond acceptors (Lipinski definition) is 5. The van der Waals surface area contributed by atoms with E-state index in [2.05, 4.69) is 24.1 Å². The molecule has 0 fully saturated rings. The molecule has 0 aromatic heterocycles. The van der Waals surface area contributed by atoms with Crippen LogP contribution in [-0.2, 0) is 13.1 Å². The van der Waals surface area contributed by atoms with Crippen molar-refractivity contribution in [1.82, 2.24) is 10.2 Å². The van der Waals surface area contributed by atoms with Gasteiger partial charge >= 0.3 is 0 Å². The maximum Gasteiger partial charge on any atom is 0.161 e. The molecular formula is C22H31FN2O3. The van der Waals surface area contributed by atoms with Crippen molar-refractivity contribution in [1.29, 1.82) is 0 Å². The predicted molar refractivity (Wildman–Crippen MR) is 109 cm³/mol. The lowest BCUT2D eigenvalue weighted by molar-refractivity contribution is 0.0705. The standard InChI is InChI=1S/C22H31FN2O3/c1-4-25(5-2)15-20(26)16-28-22-12-18(8-11-21(22)27-3)14-24-13-17-6-9-19(23)10-7-17/h6-12,20,24,26H,4-5,13-16H2,1-3H3. The molecule has 0 saturated carbocycles. The Morgan fingerprint density at radius 3 is 2.29 bits per heavy atom. The lowest BCUT2D eigenvalue weighted by atomic mass is 10.2. The van der Waals surface area contributed by atoms with Crippen LogP contribution in [0.1, 0.15) is 25.0 Å². The lowest BCUT2D eigenvalue weighted by Gasteiger charge is -2.22. The van der Waals surface area contributed by atoms with Crippen LogP contribution in [0.25, 0.3) is 0 Å². The van der Waals surface area contributed by atoms with Gasteiger partial charge in [0.05, 0.1) is 7.11 Å². The molecule has 1 atom stereocenters. The molecule has 0 saturated heterocycles. The molecule has 6 heteroatoms. The molecule has 2 aromatic carbocycles. The van der Waals surface area contributed by atoms with Gasteiger partial charge in [-0.25, -0.2) is 4.39 Å². The van der Waals surface area contributed by atoms with Gasteiger partial charge in [-0.3, -0.25) is 0 Å². The van der Waals surface area contributed by atoms with Crippen molar-refractivity contribution in [2.75, 3.05) is 33.4 Å². The first kappa shape index (κ1) is 22.1. The molecule has 0 heterocycles. The van der Waals surface area contributed by atoms with Crippen LogP contribution in [-0.4, -0.2) is 49.5 Å². The van der Waals surface area contributed by atoms with E-state index < -0.39 is 6.10 Å². The second kappa shape index (κ2) is 11.6. The highest BCUT2D eigenvalue weighted by Gasteiger charge is 2.12. The summed E-state index contributed by atoms with van der Waals surface area (Å²) in [6, 6.07) is 12.2. The first-order valence-corrected chi connectivity index (χ1v) is 9.71. The Labute approximate surface area is 167 Å². The number of halogens is 1. The summed E-state index contributed by atoms with van der Waals surface area (Å²) in [5.41, 5.74) is 2.06. The van der Waals surface area contributed by atoms with Gasteiger partial charge in [0, 0.05) is 19.6 Å². The van der Waals surface area contributed by atoms with E-state index in [0.29, 0.717) is 31.1 Å². The average Bonchev–Trinajstić information content (AvgIpc) is 2.72. The fourth-order valence-electron chi connectivity index (χ4n) is 2.92. The monoisotopic (exact) mass is 390 g/mol. The number of nitrogens with zero attached hydrogens (tertiary/aromatic N) is 1. The van der Waals surface area contributed by atoms with Gasteiger partial charge < -0.3 is 24.8 Å². The second-order valence-corrected chi connectivity index (χ2v) is 6.67. The molecule has 154 valence electrons. The Morgan fingerprint density at radius 2 is 1.64 bits per heavy atom. The lowest BCUT2D eigenvalue weighted by Crippen LogP contribution is -2.35. The minimum absolute atomic E-state index is 0.208. The minimum Gasteiger partial charge on any atom is -0.493 e. The number of rotatable bonds is 12. The molecule has 0 aliphatic heterocycles. The van der Waals surface area contributed by atoms with Crippen molar-refractivity contribution in [3.63, 3.8) is 0 Å². The second-order valence-electron chi connectivity index (χ2n) is 6.67. The number of methoxy groups -OCH3 is 1. The highest BCUT2D eigenvalue weighted by Crippen LogP contribution is 2.28. The first-order valence-electron chi connectivity index (χ1n) is 9.71. The number of ether oxygens (including phenoxy) is 2. The SMILES string of the molecule is CCN(CC)CC(O)COc1cc(CNCc2ccc(F)cc2)ccc1OC. The maximum absolute atomic E-state index is 13.0. The fraction of sp³-hybridized carbons (Fsp3) is 0.455. The van der Waals surface area contributed by atoms with Crippen LogP contribution >= 0.6 is 0 Å². The van der Waals surface area contributed by atoms with Crippen molar-refractivity contribution in [3.8, 4) is 11.5 Å². The van der Waals surface area contributed by atoms with Crippen LogP contribution < -0.4 is 14.8 Å². The van der Waals surface area contributed by atoms with Crippen LogP contribution in [0.3, 0.4) is 0 Å². The number of likely N-dealkylation sites (N-methyl/N-ethyl adjacent to an activating group) is 1. The average molecular weight is 390 g/mol. The molecule has 5 nitrogen and oxygen atoms in total. The summed E-state index contributed by atoms with van der Waals surface area (Å²) < 4.78 is 24.2. The molecule has 0 bridgehead atoms. The molecule has 0 radical (unpaired) electrons. The Bertz CT molecular complexity index is 705. The third-order valence-electron chi connectivity index (χ3n) is 4.59. The van der Waals surface area contributed by atoms with Gasteiger partial charge in [0.2, 0.25) is 0 Å². The molecule has 28 heavy (non-hydrogen) atoms. The van der Waals surface area contributed by atoms with Gasteiger partial charge in [0.1, 0.15) is 18.5 Å². The molecule has 0 aliphatic rings. The van der Waals surface area contributed by atoms with E-state index in [1.54, 1.807) is 19.2 Å². The van der Waals surface area contributed by atoms with Crippen LogP contribution in [0.2, 0.25) is 0 Å². The van der Waals surface area contributed by atoms with E-state index in [9.17, 15) is 9.50 Å². The van der Waals surface area contributed by atoms with E-state index in [4.69, 9.17) is 9.47 Å². The molecule has 0 aliphatic carbocycles. The van der Waals surface area contributed by atoms with Crippen molar-refractivity contribution < 1.29 is 19.0 Å². The van der Waals surface area contributed by atoms with Gasteiger partial charge in [-0.15, -0.1) is 0 Å². The third kappa shape index (κ3) is 7.11. The van der Waals surface area contributed by atoms with Gasteiger partial charge in [-0.1, -0.05) is 32.0 Å². The van der Waals surface area contributed by atoms with Crippen molar-refractivity contribution in [2.24, 2.45) is 0 Å². The molecule has 2 N–H and O–H groups in total. The first-order chi connectivity index (χ1) is 13.5. The van der Waals surface area contributed by atoms with E-state index in [-0.39, 0.29) is 12.4 Å². The van der Waals surface area contributed by atoms with Crippen LogP contribution in [0.5, 0.6) is 11.5 Å². The van der Waals surface area contributed by atoms with E-state index in [1.807, 2.05) is 18.2 Å². The Balaban J connectivity index is 1.90. The van der Waals surface area contributed by atoms with Crippen molar-refractivity contribution in [3.05, 3.63) is 59.4 Å². The summed E-state index contributed by atoms with van der Waals surface area (Å²) in [6.45, 7) is 8.00. The molecule has 0 spiro atoms. The van der Waals surface area contributed by atoms with Crippen molar-refractivity contribution >= 4 is 0 Å². The summed E-state index contributed by atoms with van der Waals surface area (Å²) in [5.74, 6) is 1.02. The topological polar surface area (TPSA) is 54.0 Å². The highest BCUT2D eigenvalue weighted by molar-refractivity contribution is 5.43. The van der Waals surface area contributed by atoms with E-state index in [1.165, 1.54) is 12.1 Å². The summed E-state index contributed by atoms with van der Waals surface area (Å²) in [4.78, 5) is 2.15. The molecule has 1 unspecified atom stereocenters. The highest BCUT2D eigenvalue weighted by atomic mass is 19.1. The summed E-state index contributed by atoms with van der Waals surface area (Å²) >= 11 is 0. The molecular weight excluding hydrogens is 359 g/mol. The summed E-state index contributed by atoms with van der Waals surface area (Å²) in [6.07, 6.45) is -0.565. The Hall–Kier alpha value is -2.15. The minimum atomic E-state index is -0.565. The fourth-order valence-corrected chi connectivity index (χ4v) is 2.92. The number of hydrogen-bond donors (Lipinski definition) is 2. The van der Waals surface area contributed by atoms with Crippen molar-refractivity contribution in [2.45, 2.75) is 33.0 Å². The predicted octanol–water partition coefficient (Wildman–Crippen LogP) is 3.21. The van der Waals surface area contributed by atoms with Gasteiger partial charge in [-0.2, -0.15) is 0 Å². The Kier molecular flexibility index (Phi) is 9.20. The van der Waals surface area contributed by atoms with E-state index >= 15 is 0 Å². The molecule has 2 rings (SSSR count). The number of aliphatic hydroxyl groups excluding tert-OH is 1. The largest absolute Gasteiger partial charge is 0.493 e. The van der Waals surface area contributed by atoms with Crippen LogP contribution in [0.15, 0.2) is 42.5 Å². The van der Waals surface area contributed by atoms with Crippen LogP contribution in [0, 0.1) is 5.82 Å². The zero-order chi connectivity index (χ0) is 20.4. The van der Waals surface area contributed by atoms with Gasteiger partial charge in [0.15, 0.2) is 11.5 Å². The smallest absolute Gasteiger partial charge is 0.161 e. The number of aliphatic hydroxyl groups is 1. The van der Waals surface area contributed by atoms with Gasteiger partial charge in [-0.05, 0) is 48.5 Å².